The summed E-state index contributed by atoms with van der Waals surface area (Å²) in [6, 6.07) is 0. The van der Waals surface area contributed by atoms with Crippen LogP contribution in [0, 0.1) is 5.92 Å². The van der Waals surface area contributed by atoms with Gasteiger partial charge in [-0.3, -0.25) is 0 Å². The lowest BCUT2D eigenvalue weighted by Gasteiger charge is -2.08. The second kappa shape index (κ2) is 5.30. The molecule has 1 aromatic rings. The number of thioether (sulfide) groups is 1. The molecule has 0 atom stereocenters. The van der Waals surface area contributed by atoms with Crippen LogP contribution in [0.5, 0.6) is 0 Å². The van der Waals surface area contributed by atoms with Crippen molar-refractivity contribution in [2.75, 3.05) is 5.75 Å². The molecule has 4 nitrogen and oxygen atoms in total. The SMILES string of the molecule is O=C(O)c1nccnc1SCC1CCCC1. The maximum Gasteiger partial charge on any atom is 0.357 e. The van der Waals surface area contributed by atoms with Crippen LogP contribution in [0.2, 0.25) is 0 Å². The zero-order chi connectivity index (χ0) is 11.4. The minimum Gasteiger partial charge on any atom is -0.476 e. The van der Waals surface area contributed by atoms with E-state index in [-0.39, 0.29) is 5.69 Å². The molecule has 0 aromatic carbocycles. The predicted octanol–water partition coefficient (Wildman–Crippen LogP) is 2.46. The number of hydrogen-bond donors (Lipinski definition) is 1. The molecule has 0 saturated heterocycles. The molecule has 1 fully saturated rings. The highest BCUT2D eigenvalue weighted by atomic mass is 32.2. The van der Waals surface area contributed by atoms with Crippen LogP contribution >= 0.6 is 11.8 Å². The highest BCUT2D eigenvalue weighted by Gasteiger charge is 2.18. The van der Waals surface area contributed by atoms with E-state index in [2.05, 4.69) is 9.97 Å². The van der Waals surface area contributed by atoms with Crippen molar-refractivity contribution in [1.82, 2.24) is 9.97 Å². The van der Waals surface area contributed by atoms with Crippen molar-refractivity contribution >= 4 is 17.7 Å². The highest BCUT2D eigenvalue weighted by molar-refractivity contribution is 7.99. The number of carbonyl (C=O) groups is 1. The van der Waals surface area contributed by atoms with E-state index >= 15 is 0 Å². The smallest absolute Gasteiger partial charge is 0.357 e. The zero-order valence-corrected chi connectivity index (χ0v) is 9.74. The van der Waals surface area contributed by atoms with Gasteiger partial charge in [0.05, 0.1) is 0 Å². The molecule has 5 heteroatoms. The maximum atomic E-state index is 10.9. The molecule has 0 aliphatic heterocycles. The molecule has 1 N–H and O–H groups in total. The van der Waals surface area contributed by atoms with E-state index < -0.39 is 5.97 Å². The van der Waals surface area contributed by atoms with Gasteiger partial charge < -0.3 is 5.11 Å². The van der Waals surface area contributed by atoms with Crippen LogP contribution in [-0.4, -0.2) is 26.8 Å². The number of rotatable bonds is 4. The van der Waals surface area contributed by atoms with Gasteiger partial charge in [-0.15, -0.1) is 11.8 Å². The van der Waals surface area contributed by atoms with Gasteiger partial charge in [0.1, 0.15) is 5.03 Å². The summed E-state index contributed by atoms with van der Waals surface area (Å²) < 4.78 is 0. The molecule has 1 aliphatic rings. The minimum atomic E-state index is -0.998. The molecule has 1 heterocycles. The number of aromatic carboxylic acids is 1. The maximum absolute atomic E-state index is 10.9. The summed E-state index contributed by atoms with van der Waals surface area (Å²) in [4.78, 5) is 18.8. The number of hydrogen-bond acceptors (Lipinski definition) is 4. The first-order valence-corrected chi connectivity index (χ1v) is 6.43. The van der Waals surface area contributed by atoms with Crippen LogP contribution < -0.4 is 0 Å². The lowest BCUT2D eigenvalue weighted by atomic mass is 10.1. The van der Waals surface area contributed by atoms with Gasteiger partial charge in [0.2, 0.25) is 0 Å². The topological polar surface area (TPSA) is 63.1 Å². The van der Waals surface area contributed by atoms with E-state index in [1.54, 1.807) is 6.20 Å². The Labute approximate surface area is 98.5 Å². The van der Waals surface area contributed by atoms with Gasteiger partial charge in [0, 0.05) is 18.1 Å². The summed E-state index contributed by atoms with van der Waals surface area (Å²) >= 11 is 1.52. The van der Waals surface area contributed by atoms with Gasteiger partial charge in [-0.2, -0.15) is 0 Å². The van der Waals surface area contributed by atoms with E-state index in [0.29, 0.717) is 10.9 Å². The summed E-state index contributed by atoms with van der Waals surface area (Å²) in [5.74, 6) is 0.676. The van der Waals surface area contributed by atoms with Crippen LogP contribution in [0.4, 0.5) is 0 Å². The molecule has 1 aromatic heterocycles. The molecule has 0 bridgehead atoms. The first kappa shape index (κ1) is 11.4. The second-order valence-corrected chi connectivity index (χ2v) is 4.99. The Hall–Kier alpha value is -1.10. The predicted molar refractivity (Wildman–Crippen MR) is 61.7 cm³/mol. The van der Waals surface area contributed by atoms with Crippen LogP contribution in [0.1, 0.15) is 36.2 Å². The van der Waals surface area contributed by atoms with Crippen molar-refractivity contribution in [3.05, 3.63) is 18.1 Å². The summed E-state index contributed by atoms with van der Waals surface area (Å²) in [6.45, 7) is 0. The third-order valence-electron chi connectivity index (χ3n) is 2.80. The first-order valence-electron chi connectivity index (χ1n) is 5.44. The van der Waals surface area contributed by atoms with Crippen LogP contribution in [0.15, 0.2) is 17.4 Å². The normalized spacial score (nSPS) is 16.5. The van der Waals surface area contributed by atoms with Crippen molar-refractivity contribution in [1.29, 1.82) is 0 Å². The molecule has 1 aliphatic carbocycles. The third kappa shape index (κ3) is 2.72. The van der Waals surface area contributed by atoms with Crippen molar-refractivity contribution in [2.45, 2.75) is 30.7 Å². The van der Waals surface area contributed by atoms with Gasteiger partial charge in [-0.1, -0.05) is 12.8 Å². The monoisotopic (exact) mass is 238 g/mol. The third-order valence-corrected chi connectivity index (χ3v) is 4.01. The van der Waals surface area contributed by atoms with Crippen LogP contribution in [0.25, 0.3) is 0 Å². The summed E-state index contributed by atoms with van der Waals surface area (Å²) in [7, 11) is 0. The molecule has 0 radical (unpaired) electrons. The number of nitrogens with zero attached hydrogens (tertiary/aromatic N) is 2. The van der Waals surface area contributed by atoms with Crippen molar-refractivity contribution < 1.29 is 9.90 Å². The van der Waals surface area contributed by atoms with E-state index in [1.807, 2.05) is 0 Å². The fraction of sp³-hybridized carbons (Fsp3) is 0.545. The van der Waals surface area contributed by atoms with E-state index in [0.717, 1.165) is 5.75 Å². The van der Waals surface area contributed by atoms with Gasteiger partial charge in [-0.25, -0.2) is 14.8 Å². The number of carboxylic acids is 1. The Balaban J connectivity index is 2.00. The van der Waals surface area contributed by atoms with E-state index in [9.17, 15) is 4.79 Å². The Morgan fingerprint density at radius 1 is 1.38 bits per heavy atom. The van der Waals surface area contributed by atoms with E-state index in [1.165, 1.54) is 43.6 Å². The summed E-state index contributed by atoms with van der Waals surface area (Å²) in [5, 5.41) is 9.49. The quantitative estimate of drug-likeness (QED) is 0.816. The minimum absolute atomic E-state index is 0.0745. The molecule has 1 saturated carbocycles. The highest BCUT2D eigenvalue weighted by Crippen LogP contribution is 2.30. The fourth-order valence-corrected chi connectivity index (χ4v) is 3.09. The van der Waals surface area contributed by atoms with E-state index in [4.69, 9.17) is 5.11 Å². The van der Waals surface area contributed by atoms with Crippen LogP contribution in [0.3, 0.4) is 0 Å². The largest absolute Gasteiger partial charge is 0.476 e. The average molecular weight is 238 g/mol. The molecule has 2 rings (SSSR count). The van der Waals surface area contributed by atoms with Gasteiger partial charge in [0.15, 0.2) is 5.69 Å². The van der Waals surface area contributed by atoms with Crippen LogP contribution in [-0.2, 0) is 0 Å². The molecular weight excluding hydrogens is 224 g/mol. The lowest BCUT2D eigenvalue weighted by Crippen LogP contribution is -2.05. The molecule has 86 valence electrons. The van der Waals surface area contributed by atoms with Crippen molar-refractivity contribution in [3.63, 3.8) is 0 Å². The Morgan fingerprint density at radius 2 is 2.06 bits per heavy atom. The standard InChI is InChI=1S/C11H14N2O2S/c14-11(15)9-10(13-6-5-12-9)16-7-8-3-1-2-4-8/h5-6,8H,1-4,7H2,(H,14,15). The zero-order valence-electron chi connectivity index (χ0n) is 8.93. The molecule has 0 unspecified atom stereocenters. The molecule has 16 heavy (non-hydrogen) atoms. The van der Waals surface area contributed by atoms with Crippen molar-refractivity contribution in [2.24, 2.45) is 5.92 Å². The summed E-state index contributed by atoms with van der Waals surface area (Å²) in [6.07, 6.45) is 8.09. The first-order chi connectivity index (χ1) is 7.77. The fourth-order valence-electron chi connectivity index (χ4n) is 1.95. The van der Waals surface area contributed by atoms with Gasteiger partial charge >= 0.3 is 5.97 Å². The molecule has 0 amide bonds. The van der Waals surface area contributed by atoms with Crippen molar-refractivity contribution in [3.8, 4) is 0 Å². The average Bonchev–Trinajstić information content (AvgIpc) is 2.79. The number of carboxylic acid groups (broad SMARTS) is 1. The van der Waals surface area contributed by atoms with Gasteiger partial charge in [-0.05, 0) is 18.8 Å². The Kier molecular flexibility index (Phi) is 3.77. The van der Waals surface area contributed by atoms with Gasteiger partial charge in [0.25, 0.3) is 0 Å². The summed E-state index contributed by atoms with van der Waals surface area (Å²) in [5.41, 5.74) is 0.0745. The lowest BCUT2D eigenvalue weighted by molar-refractivity contribution is 0.0685. The Morgan fingerprint density at radius 3 is 2.75 bits per heavy atom. The Bertz CT molecular complexity index is 378. The second-order valence-electron chi connectivity index (χ2n) is 3.98. The molecular formula is C11H14N2O2S. The number of aromatic nitrogens is 2. The molecule has 0 spiro atoms.